The Morgan fingerprint density at radius 2 is 2.00 bits per heavy atom. The molecule has 9 heteroatoms. The van der Waals surface area contributed by atoms with E-state index in [9.17, 15) is 19.1 Å². The smallest absolute Gasteiger partial charge is 0.335 e. The van der Waals surface area contributed by atoms with Crippen LogP contribution in [0.1, 0.15) is 58.1 Å². The van der Waals surface area contributed by atoms with Gasteiger partial charge in [0.25, 0.3) is 0 Å². The maximum absolute atomic E-state index is 14.4. The van der Waals surface area contributed by atoms with Crippen LogP contribution in [0, 0.1) is 12.7 Å². The van der Waals surface area contributed by atoms with Gasteiger partial charge in [-0.2, -0.15) is 0 Å². The fourth-order valence-corrected chi connectivity index (χ4v) is 5.38. The van der Waals surface area contributed by atoms with Crippen LogP contribution in [0.4, 0.5) is 20.6 Å². The number of anilines is 2. The number of pyridine rings is 1. The highest BCUT2D eigenvalue weighted by atomic mass is 35.5. The summed E-state index contributed by atoms with van der Waals surface area (Å²) in [5.74, 6) is -0.899. The predicted octanol–water partition coefficient (Wildman–Crippen LogP) is 6.06. The van der Waals surface area contributed by atoms with Gasteiger partial charge in [-0.3, -0.25) is 14.8 Å². The molecule has 2 amide bonds. The lowest BCUT2D eigenvalue weighted by Crippen LogP contribution is -2.49. The van der Waals surface area contributed by atoms with E-state index < -0.39 is 17.9 Å². The van der Waals surface area contributed by atoms with Crippen molar-refractivity contribution in [3.05, 3.63) is 81.4 Å². The third kappa shape index (κ3) is 3.76. The first-order valence-corrected chi connectivity index (χ1v) is 12.3. The molecule has 184 valence electrons. The molecule has 1 N–H and O–H groups in total. The van der Waals surface area contributed by atoms with Gasteiger partial charge >= 0.3 is 12.0 Å². The molecule has 1 fully saturated rings. The van der Waals surface area contributed by atoms with Gasteiger partial charge in [0, 0.05) is 28.9 Å². The number of hydrogen-bond acceptors (Lipinski definition) is 4. The molecule has 7 nitrogen and oxygen atoms in total. The number of ether oxygens (including phenoxy) is 1. The molecule has 2 aromatic carbocycles. The van der Waals surface area contributed by atoms with E-state index in [1.165, 1.54) is 18.2 Å². The maximum Gasteiger partial charge on any atom is 0.335 e. The Balaban J connectivity index is 1.39. The summed E-state index contributed by atoms with van der Waals surface area (Å²) in [6.45, 7) is 2.15. The van der Waals surface area contributed by atoms with Gasteiger partial charge in [0.15, 0.2) is 0 Å². The number of hydrogen-bond donors (Lipinski definition) is 1. The number of carboxylic acid groups (broad SMARTS) is 1. The average Bonchev–Trinajstić information content (AvgIpc) is 3.68. The molecule has 3 aliphatic rings. The number of carboxylic acids is 1. The molecular formula is C27H23ClFN3O4. The van der Waals surface area contributed by atoms with Crippen LogP contribution in [0.5, 0.6) is 5.75 Å². The third-order valence-electron chi connectivity index (χ3n) is 7.05. The molecule has 3 aromatic rings. The van der Waals surface area contributed by atoms with Gasteiger partial charge in [-0.1, -0.05) is 17.7 Å². The van der Waals surface area contributed by atoms with Crippen molar-refractivity contribution in [2.75, 3.05) is 9.80 Å². The van der Waals surface area contributed by atoms with E-state index in [0.717, 1.165) is 24.0 Å². The monoisotopic (exact) mass is 507 g/mol. The largest absolute Gasteiger partial charge is 0.484 e. The summed E-state index contributed by atoms with van der Waals surface area (Å²) in [4.78, 5) is 32.9. The molecule has 1 unspecified atom stereocenters. The lowest BCUT2D eigenvalue weighted by Gasteiger charge is -2.39. The van der Waals surface area contributed by atoms with Crippen LogP contribution in [-0.4, -0.2) is 28.1 Å². The van der Waals surface area contributed by atoms with Gasteiger partial charge in [0.05, 0.1) is 23.5 Å². The molecular weight excluding hydrogens is 485 g/mol. The third-order valence-corrected chi connectivity index (χ3v) is 7.39. The summed E-state index contributed by atoms with van der Waals surface area (Å²) in [7, 11) is 0. The molecule has 1 atom stereocenters. The highest BCUT2D eigenvalue weighted by molar-refractivity contribution is 6.32. The fourth-order valence-electron chi connectivity index (χ4n) is 5.11. The zero-order valence-corrected chi connectivity index (χ0v) is 20.3. The first-order valence-electron chi connectivity index (χ1n) is 11.9. The van der Waals surface area contributed by atoms with E-state index in [1.54, 1.807) is 22.1 Å². The number of benzene rings is 2. The summed E-state index contributed by atoms with van der Waals surface area (Å²) in [5.41, 5.74) is 4.17. The quantitative estimate of drug-likeness (QED) is 0.464. The molecule has 6 rings (SSSR count). The highest BCUT2D eigenvalue weighted by Gasteiger charge is 2.42. The lowest BCUT2D eigenvalue weighted by molar-refractivity contribution is 0.0696. The highest BCUT2D eigenvalue weighted by Crippen LogP contribution is 2.45. The average molecular weight is 508 g/mol. The number of aromatic nitrogens is 1. The standard InChI is InChI=1S/C27H23ClFN3O4/c1-14-9-15-4-7-23(25-20(29)3-2-8-30-25)36-24(15)12-21(14)31-13-18-19(28)10-16(26(33)34)11-22(18)32(27(31)35)17-5-6-17/h2-3,8-12,17,23H,4-7,13H2,1H3,(H,33,34). The van der Waals surface area contributed by atoms with Crippen molar-refractivity contribution >= 4 is 35.0 Å². The second-order valence-electron chi connectivity index (χ2n) is 9.49. The molecule has 0 radical (unpaired) electrons. The number of aryl methyl sites for hydroxylation is 2. The van der Waals surface area contributed by atoms with Crippen molar-refractivity contribution in [2.45, 2.75) is 51.3 Å². The fraction of sp³-hybridized carbons (Fsp3) is 0.296. The summed E-state index contributed by atoms with van der Waals surface area (Å²) in [5, 5.41) is 9.81. The van der Waals surface area contributed by atoms with Gasteiger partial charge in [-0.25, -0.2) is 14.0 Å². The predicted molar refractivity (Wildman–Crippen MR) is 133 cm³/mol. The van der Waals surface area contributed by atoms with E-state index >= 15 is 0 Å². The Hall–Kier alpha value is -3.65. The second-order valence-corrected chi connectivity index (χ2v) is 9.90. The number of carbonyl (C=O) groups excluding carboxylic acids is 1. The zero-order chi connectivity index (χ0) is 25.1. The van der Waals surface area contributed by atoms with Gasteiger partial charge < -0.3 is 9.84 Å². The molecule has 1 aromatic heterocycles. The van der Waals surface area contributed by atoms with Gasteiger partial charge in [-0.15, -0.1) is 0 Å². The Labute approximate surface area is 212 Å². The summed E-state index contributed by atoms with van der Waals surface area (Å²) >= 11 is 6.54. The van der Waals surface area contributed by atoms with Crippen molar-refractivity contribution in [1.82, 2.24) is 4.98 Å². The normalized spacial score (nSPS) is 19.0. The number of amides is 2. The van der Waals surface area contributed by atoms with Crippen molar-refractivity contribution in [1.29, 1.82) is 0 Å². The summed E-state index contributed by atoms with van der Waals surface area (Å²) in [6.07, 6.45) is 4.03. The zero-order valence-electron chi connectivity index (χ0n) is 19.5. The Morgan fingerprint density at radius 3 is 2.72 bits per heavy atom. The van der Waals surface area contributed by atoms with E-state index in [-0.39, 0.29) is 29.9 Å². The van der Waals surface area contributed by atoms with Gasteiger partial charge in [0.2, 0.25) is 0 Å². The van der Waals surface area contributed by atoms with Crippen molar-refractivity contribution in [3.63, 3.8) is 0 Å². The number of halogens is 2. The van der Waals surface area contributed by atoms with Crippen LogP contribution in [0.25, 0.3) is 0 Å². The van der Waals surface area contributed by atoms with Gasteiger partial charge in [-0.05, 0) is 68.0 Å². The number of urea groups is 1. The molecule has 1 aliphatic carbocycles. The van der Waals surface area contributed by atoms with Crippen LogP contribution in [0.2, 0.25) is 5.02 Å². The first kappa shape index (κ1) is 22.8. The first-order chi connectivity index (χ1) is 17.3. The molecule has 2 aliphatic heterocycles. The van der Waals surface area contributed by atoms with Crippen LogP contribution in [0.3, 0.4) is 0 Å². The number of carbonyl (C=O) groups is 2. The minimum absolute atomic E-state index is 0.00450. The van der Waals surface area contributed by atoms with Crippen LogP contribution < -0.4 is 14.5 Å². The van der Waals surface area contributed by atoms with Crippen LogP contribution >= 0.6 is 11.6 Å². The second kappa shape index (κ2) is 8.48. The minimum atomic E-state index is -1.09. The van der Waals surface area contributed by atoms with E-state index in [4.69, 9.17) is 16.3 Å². The van der Waals surface area contributed by atoms with E-state index in [2.05, 4.69) is 4.98 Å². The maximum atomic E-state index is 14.4. The topological polar surface area (TPSA) is 83.0 Å². The summed E-state index contributed by atoms with van der Waals surface area (Å²) < 4.78 is 20.6. The van der Waals surface area contributed by atoms with E-state index in [0.29, 0.717) is 40.6 Å². The van der Waals surface area contributed by atoms with Crippen LogP contribution in [-0.2, 0) is 13.0 Å². The van der Waals surface area contributed by atoms with E-state index in [1.807, 2.05) is 19.1 Å². The molecule has 36 heavy (non-hydrogen) atoms. The SMILES string of the molecule is Cc1cc2c(cc1N1Cc3c(Cl)cc(C(=O)O)cc3N(C3CC3)C1=O)OC(c1ncccc1F)CC2. The van der Waals surface area contributed by atoms with Crippen LogP contribution in [0.15, 0.2) is 42.6 Å². The van der Waals surface area contributed by atoms with Crippen molar-refractivity contribution in [3.8, 4) is 5.75 Å². The number of rotatable bonds is 4. The molecule has 0 bridgehead atoms. The Bertz CT molecular complexity index is 1420. The number of nitrogens with zero attached hydrogens (tertiary/aromatic N) is 3. The summed E-state index contributed by atoms with van der Waals surface area (Å²) in [6, 6.07) is 9.51. The van der Waals surface area contributed by atoms with Crippen molar-refractivity contribution < 1.29 is 23.8 Å². The molecule has 0 saturated heterocycles. The number of fused-ring (bicyclic) bond motifs is 2. The van der Waals surface area contributed by atoms with Gasteiger partial charge in [0.1, 0.15) is 23.4 Å². The Morgan fingerprint density at radius 1 is 1.19 bits per heavy atom. The van der Waals surface area contributed by atoms with Crippen molar-refractivity contribution in [2.24, 2.45) is 0 Å². The molecule has 1 saturated carbocycles. The number of aromatic carboxylic acids is 1. The lowest BCUT2D eigenvalue weighted by atomic mass is 9.96. The molecule has 0 spiro atoms. The Kier molecular flexibility index (Phi) is 5.37. The molecule has 3 heterocycles. The minimum Gasteiger partial charge on any atom is -0.484 e.